The van der Waals surface area contributed by atoms with Crippen LogP contribution < -0.4 is 27.7 Å². The predicted octanol–water partition coefficient (Wildman–Crippen LogP) is 2.58. The number of nitrogens with one attached hydrogen (secondary N) is 2. The Hall–Kier alpha value is -5.21. The molecule has 0 fully saturated rings. The molecule has 0 aliphatic carbocycles. The summed E-state index contributed by atoms with van der Waals surface area (Å²) in [6, 6.07) is 7.98. The Balaban J connectivity index is 1.85. The highest BCUT2D eigenvalue weighted by Gasteiger charge is 2.24. The van der Waals surface area contributed by atoms with Gasteiger partial charge in [-0.25, -0.2) is 15.0 Å². The maximum absolute atomic E-state index is 14.2. The van der Waals surface area contributed by atoms with Crippen molar-refractivity contribution >= 4 is 68.8 Å². The number of aryl methyl sites for hydroxylation is 2. The molecule has 0 aliphatic heterocycles. The molecule has 1 aromatic carbocycles. The number of benzene rings is 1. The van der Waals surface area contributed by atoms with Crippen LogP contribution in [-0.2, 0) is 13.4 Å². The molecule has 0 saturated heterocycles. The van der Waals surface area contributed by atoms with E-state index in [1.807, 2.05) is 0 Å². The average Bonchev–Trinajstić information content (AvgIpc) is 3.47. The van der Waals surface area contributed by atoms with Crippen molar-refractivity contribution in [2.24, 2.45) is 18.4 Å². The lowest BCUT2D eigenvalue weighted by Gasteiger charge is -2.25. The van der Waals surface area contributed by atoms with Crippen LogP contribution in [0.25, 0.3) is 16.6 Å². The first-order valence-electron chi connectivity index (χ1n) is 17.7. The van der Waals surface area contributed by atoms with Gasteiger partial charge >= 0.3 is 0 Å². The van der Waals surface area contributed by atoms with Gasteiger partial charge in [0.05, 0.1) is 22.3 Å². The second-order valence-corrected chi connectivity index (χ2v) is 10.3. The summed E-state index contributed by atoms with van der Waals surface area (Å²) < 4.78 is 81.7. The monoisotopic (exact) mass is 660 g/mol. The fraction of sp³-hybridized carbons (Fsp3) is 0.207. The van der Waals surface area contributed by atoms with Gasteiger partial charge in [-0.15, -0.1) is 0 Å². The van der Waals surface area contributed by atoms with Crippen molar-refractivity contribution in [2.45, 2.75) is 19.5 Å². The molecule has 4 aromatic heterocycles. The van der Waals surface area contributed by atoms with Crippen LogP contribution >= 0.6 is 23.2 Å². The second-order valence-electron chi connectivity index (χ2n) is 9.54. The van der Waals surface area contributed by atoms with Crippen LogP contribution in [0.15, 0.2) is 47.5 Å². The van der Waals surface area contributed by atoms with Crippen molar-refractivity contribution in [3.63, 3.8) is 0 Å². The van der Waals surface area contributed by atoms with Gasteiger partial charge in [0, 0.05) is 41.0 Å². The minimum atomic E-state index is -3.57. The van der Waals surface area contributed by atoms with Gasteiger partial charge in [0.15, 0.2) is 22.7 Å². The largest absolute Gasteiger partial charge is 0.364 e. The molecular weight excluding hydrogens is 623 g/mol. The van der Waals surface area contributed by atoms with Gasteiger partial charge in [0.25, 0.3) is 23.3 Å². The van der Waals surface area contributed by atoms with Crippen LogP contribution in [0.3, 0.4) is 0 Å². The van der Waals surface area contributed by atoms with Crippen molar-refractivity contribution in [3.8, 4) is 0 Å². The van der Waals surface area contributed by atoms with Crippen LogP contribution in [-0.4, -0.2) is 66.7 Å². The first kappa shape index (κ1) is 20.7. The molecule has 232 valence electrons. The number of imidazole rings is 1. The second kappa shape index (κ2) is 12.1. The molecule has 0 saturated carbocycles. The normalized spacial score (nSPS) is 16.1. The third-order valence-corrected chi connectivity index (χ3v) is 6.90. The lowest BCUT2D eigenvalue weighted by atomic mass is 10.0. The fourth-order valence-electron chi connectivity index (χ4n) is 4.67. The summed E-state index contributed by atoms with van der Waals surface area (Å²) >= 11 is 12.0. The molecule has 45 heavy (non-hydrogen) atoms. The number of pyridine rings is 2. The third-order valence-electron chi connectivity index (χ3n) is 6.48. The van der Waals surface area contributed by atoms with Crippen molar-refractivity contribution in [2.75, 3.05) is 24.6 Å². The molecule has 0 radical (unpaired) electrons. The van der Waals surface area contributed by atoms with Crippen LogP contribution in [0.2, 0.25) is 10.3 Å². The summed E-state index contributed by atoms with van der Waals surface area (Å²) in [7, 11) is 0. The Morgan fingerprint density at radius 3 is 2.13 bits per heavy atom. The van der Waals surface area contributed by atoms with Crippen LogP contribution in [0.1, 0.15) is 56.3 Å². The summed E-state index contributed by atoms with van der Waals surface area (Å²) in [6.45, 7) is -8.95. The lowest BCUT2D eigenvalue weighted by Crippen LogP contribution is -2.34. The molecule has 1 atom stereocenters. The molecule has 0 bridgehead atoms. The molecule has 5 aromatic rings. The number of anilines is 2. The zero-order valence-corrected chi connectivity index (χ0v) is 24.4. The van der Waals surface area contributed by atoms with Gasteiger partial charge in [0.1, 0.15) is 22.8 Å². The minimum Gasteiger partial charge on any atom is -0.364 e. The Morgan fingerprint density at radius 1 is 1.00 bits per heavy atom. The van der Waals surface area contributed by atoms with Gasteiger partial charge in [-0.1, -0.05) is 29.3 Å². The predicted molar refractivity (Wildman–Crippen MR) is 171 cm³/mol. The maximum Gasteiger partial charge on any atom is 0.275 e. The number of halogens is 2. The quantitative estimate of drug-likeness (QED) is 0.136. The summed E-state index contributed by atoms with van der Waals surface area (Å²) in [5.41, 5.74) is 7.23. The van der Waals surface area contributed by atoms with E-state index >= 15 is 0 Å². The Morgan fingerprint density at radius 2 is 1.60 bits per heavy atom. The van der Waals surface area contributed by atoms with Crippen LogP contribution in [0.4, 0.5) is 11.4 Å². The van der Waals surface area contributed by atoms with E-state index in [1.165, 1.54) is 43.3 Å². The van der Waals surface area contributed by atoms with E-state index in [2.05, 4.69) is 25.6 Å². The number of rotatable bonds is 9. The number of primary amides is 2. The van der Waals surface area contributed by atoms with Crippen molar-refractivity contribution < 1.29 is 28.1 Å². The number of fused-ring (bicyclic) bond motifs is 3. The Kier molecular flexibility index (Phi) is 5.54. The van der Waals surface area contributed by atoms with Crippen LogP contribution in [0, 0.1) is 6.92 Å². The summed E-state index contributed by atoms with van der Waals surface area (Å²) in [5, 5.41) is 5.31. The highest BCUT2D eigenvalue weighted by atomic mass is 35.5. The molecule has 1 unspecified atom stereocenters. The lowest BCUT2D eigenvalue weighted by molar-refractivity contribution is 0.0823. The van der Waals surface area contributed by atoms with E-state index in [9.17, 15) is 20.5 Å². The molecule has 0 spiro atoms. The van der Waals surface area contributed by atoms with Gasteiger partial charge in [0.2, 0.25) is 0 Å². The number of amides is 3. The SMILES string of the molecule is [2H]C(c1cc(C)cc2c(=O)n(C([2H])([2H])[2H])c3c(C(=O)N(C([2H])([2H])[2H])C([2H])([2H])[2H])ncn3c12)C(Nc1ccc(Cl)nc1C(N)=O)Nc1ccc(Cl)nc1C(N)=O. The number of aromatic nitrogens is 5. The minimum absolute atomic E-state index is 0.0639. The van der Waals surface area contributed by atoms with Crippen molar-refractivity contribution in [1.29, 1.82) is 0 Å². The van der Waals surface area contributed by atoms with Crippen LogP contribution in [0.5, 0.6) is 0 Å². The molecule has 6 N–H and O–H groups in total. The standard InChI is InChI=1S/C29H28Cl2N10O4/c1-13-9-14(24-15(10-13)28(44)40(4)27-23(29(45)39(2)3)34-12-41(24)27)11-20(35-16-5-7-18(30)37-21(16)25(32)42)36-17-6-8-19(31)38-22(17)26(33)43/h5-10,12,20,35-36H,11H2,1-4H3,(H2,32,42)(H2,33,43)/i2D3,3D3,4D3,11D. The Bertz CT molecular complexity index is 2370. The number of carbonyl (C=O) groups excluding carboxylic acids is 3. The zero-order chi connectivity index (χ0) is 41.1. The molecule has 5 rings (SSSR count). The zero-order valence-electron chi connectivity index (χ0n) is 32.9. The number of nitrogens with zero attached hydrogens (tertiary/aromatic N) is 6. The number of nitrogens with two attached hydrogens (primary N) is 2. The Labute approximate surface area is 280 Å². The number of hydrogen-bond donors (Lipinski definition) is 4. The summed E-state index contributed by atoms with van der Waals surface area (Å²) in [4.78, 5) is 64.1. The number of hydrogen-bond acceptors (Lipinski definition) is 9. The van der Waals surface area contributed by atoms with Crippen molar-refractivity contribution in [1.82, 2.24) is 28.8 Å². The molecule has 0 aliphatic rings. The molecule has 14 nitrogen and oxygen atoms in total. The van der Waals surface area contributed by atoms with Crippen molar-refractivity contribution in [3.05, 3.63) is 91.6 Å². The van der Waals surface area contributed by atoms with E-state index in [0.29, 0.717) is 5.56 Å². The number of carbonyl (C=O) groups is 3. The van der Waals surface area contributed by atoms with Gasteiger partial charge in [-0.05, 0) is 48.4 Å². The van der Waals surface area contributed by atoms with Gasteiger partial charge < -0.3 is 27.0 Å². The summed E-state index contributed by atoms with van der Waals surface area (Å²) in [5.74, 6) is -3.80. The van der Waals surface area contributed by atoms with E-state index < -0.39 is 73.0 Å². The highest BCUT2D eigenvalue weighted by molar-refractivity contribution is 6.30. The first-order chi connectivity index (χ1) is 25.3. The fourth-order valence-corrected chi connectivity index (χ4v) is 4.97. The summed E-state index contributed by atoms with van der Waals surface area (Å²) in [6.07, 6.45) is -2.25. The van der Waals surface area contributed by atoms with E-state index in [-0.39, 0.29) is 54.1 Å². The van der Waals surface area contributed by atoms with E-state index in [1.54, 1.807) is 0 Å². The molecule has 3 amide bonds. The molecule has 16 heteroatoms. The topological polar surface area (TPSA) is 196 Å². The molecular formula is C29H28Cl2N10O4. The average molecular weight is 662 g/mol. The molecule has 4 heterocycles. The van der Waals surface area contributed by atoms with Gasteiger partial charge in [-0.2, -0.15) is 0 Å². The van der Waals surface area contributed by atoms with Gasteiger partial charge in [-0.3, -0.25) is 28.1 Å². The third kappa shape index (κ3) is 5.97. The van der Waals surface area contributed by atoms with E-state index in [0.717, 1.165) is 10.7 Å². The highest BCUT2D eigenvalue weighted by Crippen LogP contribution is 2.27. The van der Waals surface area contributed by atoms with E-state index in [4.69, 9.17) is 47.0 Å². The first-order valence-corrected chi connectivity index (χ1v) is 13.4. The smallest absolute Gasteiger partial charge is 0.275 e. The maximum atomic E-state index is 14.2.